The minimum Gasteiger partial charge on any atom is -0.445 e. The quantitative estimate of drug-likeness (QED) is 0.181. The molecule has 292 valence electrons. The molecule has 56 heavy (non-hydrogen) atoms. The number of carbonyl (C=O) groups is 3. The van der Waals surface area contributed by atoms with Crippen molar-refractivity contribution in [3.05, 3.63) is 131 Å². The van der Waals surface area contributed by atoms with E-state index in [4.69, 9.17) is 23.7 Å². The number of aliphatic hydroxyl groups is 1. The number of hydrogen-bond acceptors (Lipinski definition) is 10. The molecule has 4 heterocycles. The van der Waals surface area contributed by atoms with Gasteiger partial charge in [-0.1, -0.05) is 103 Å². The average molecular weight is 762 g/mol. The Morgan fingerprint density at radius 2 is 1.52 bits per heavy atom. The summed E-state index contributed by atoms with van der Waals surface area (Å²) < 4.78 is 30.5. The van der Waals surface area contributed by atoms with E-state index in [1.54, 1.807) is 0 Å². The maximum absolute atomic E-state index is 13.4. The summed E-state index contributed by atoms with van der Waals surface area (Å²) in [4.78, 5) is 42.5. The fourth-order valence-electron chi connectivity index (χ4n) is 7.98. The van der Waals surface area contributed by atoms with Gasteiger partial charge in [-0.25, -0.2) is 4.79 Å². The van der Waals surface area contributed by atoms with Crippen LogP contribution in [-0.4, -0.2) is 83.6 Å². The Morgan fingerprint density at radius 3 is 2.25 bits per heavy atom. The van der Waals surface area contributed by atoms with Gasteiger partial charge in [0, 0.05) is 44.5 Å². The van der Waals surface area contributed by atoms with Crippen LogP contribution in [0.15, 0.2) is 103 Å². The largest absolute Gasteiger partial charge is 0.445 e. The monoisotopic (exact) mass is 761 g/mol. The highest BCUT2D eigenvalue weighted by molar-refractivity contribution is 6.06. The molecule has 2 N–H and O–H groups in total. The molecule has 4 aliphatic rings. The Bertz CT molecular complexity index is 1980. The first-order valence-electron chi connectivity index (χ1n) is 19.4. The van der Waals surface area contributed by atoms with Crippen molar-refractivity contribution in [1.29, 1.82) is 0 Å². The predicted molar refractivity (Wildman–Crippen MR) is 204 cm³/mol. The van der Waals surface area contributed by atoms with Gasteiger partial charge in [0.15, 0.2) is 12.1 Å². The summed E-state index contributed by atoms with van der Waals surface area (Å²) in [6, 6.07) is 31.8. The van der Waals surface area contributed by atoms with Crippen molar-refractivity contribution in [3.8, 4) is 11.1 Å². The Balaban J connectivity index is 0.937. The molecule has 0 radical (unpaired) electrons. The standard InChI is InChI=1S/C44H47N3O9/c48-28-30-10-12-33(13-11-30)39-24-36(27-46-20-18-44(19-21-46)53-22-23-54-44)55-42(56-39)34-16-14-32(15-17-34)37-9-5-4-8-35(37)26-47-40(49)25-38(41(47)50)45-43(51)52-29-31-6-2-1-3-7-31/h1-17,36,38-39,42,48H,18-29H2,(H,45,51). The Labute approximate surface area is 326 Å². The highest BCUT2D eigenvalue weighted by Crippen LogP contribution is 2.40. The summed E-state index contributed by atoms with van der Waals surface area (Å²) in [5.41, 5.74) is 6.14. The van der Waals surface area contributed by atoms with Gasteiger partial charge in [-0.3, -0.25) is 14.5 Å². The van der Waals surface area contributed by atoms with E-state index < -0.39 is 30.1 Å². The van der Waals surface area contributed by atoms with Crippen LogP contribution in [0, 0.1) is 0 Å². The van der Waals surface area contributed by atoms with Crippen LogP contribution in [0.3, 0.4) is 0 Å². The second-order valence-electron chi connectivity index (χ2n) is 14.8. The summed E-state index contributed by atoms with van der Waals surface area (Å²) in [5, 5.41) is 12.2. The normalized spacial score (nSPS) is 23.8. The van der Waals surface area contributed by atoms with Crippen molar-refractivity contribution >= 4 is 17.9 Å². The van der Waals surface area contributed by atoms with E-state index in [1.807, 2.05) is 103 Å². The molecule has 4 unspecified atom stereocenters. The van der Waals surface area contributed by atoms with E-state index in [0.717, 1.165) is 71.4 Å². The lowest BCUT2D eigenvalue weighted by Crippen LogP contribution is -2.48. The lowest BCUT2D eigenvalue weighted by Gasteiger charge is -2.41. The smallest absolute Gasteiger partial charge is 0.408 e. The average Bonchev–Trinajstić information content (AvgIpc) is 3.80. The van der Waals surface area contributed by atoms with Gasteiger partial charge in [0.2, 0.25) is 5.91 Å². The van der Waals surface area contributed by atoms with Crippen LogP contribution in [-0.2, 0) is 53.0 Å². The van der Waals surface area contributed by atoms with Gasteiger partial charge in [0.25, 0.3) is 5.91 Å². The molecule has 8 rings (SSSR count). The number of carbonyl (C=O) groups excluding carboxylic acids is 3. The highest BCUT2D eigenvalue weighted by Gasteiger charge is 2.42. The first kappa shape index (κ1) is 37.9. The van der Waals surface area contributed by atoms with Gasteiger partial charge in [-0.05, 0) is 33.4 Å². The minimum absolute atomic E-state index is 0.0199. The number of hydrogen-bond donors (Lipinski definition) is 2. The van der Waals surface area contributed by atoms with Gasteiger partial charge in [-0.15, -0.1) is 0 Å². The second kappa shape index (κ2) is 17.0. The summed E-state index contributed by atoms with van der Waals surface area (Å²) >= 11 is 0. The van der Waals surface area contributed by atoms with E-state index in [0.29, 0.717) is 19.6 Å². The number of likely N-dealkylation sites (tertiary alicyclic amines) is 2. The number of ether oxygens (including phenoxy) is 5. The van der Waals surface area contributed by atoms with Crippen LogP contribution >= 0.6 is 0 Å². The molecule has 1 spiro atoms. The molecule has 4 fully saturated rings. The molecule has 3 amide bonds. The van der Waals surface area contributed by atoms with E-state index in [2.05, 4.69) is 10.2 Å². The van der Waals surface area contributed by atoms with Crippen molar-refractivity contribution in [2.45, 2.75) is 75.8 Å². The number of amides is 3. The zero-order chi connectivity index (χ0) is 38.5. The highest BCUT2D eigenvalue weighted by atomic mass is 16.7. The molecule has 12 nitrogen and oxygen atoms in total. The van der Waals surface area contributed by atoms with E-state index in [9.17, 15) is 19.5 Å². The molecule has 4 atom stereocenters. The zero-order valence-corrected chi connectivity index (χ0v) is 31.2. The van der Waals surface area contributed by atoms with E-state index in [1.165, 1.54) is 4.90 Å². The fourth-order valence-corrected chi connectivity index (χ4v) is 7.98. The molecule has 0 bridgehead atoms. The van der Waals surface area contributed by atoms with E-state index >= 15 is 0 Å². The molecular formula is C44H47N3O9. The number of nitrogens with zero attached hydrogens (tertiary/aromatic N) is 2. The molecule has 4 aliphatic heterocycles. The molecule has 0 aliphatic carbocycles. The molecule has 12 heteroatoms. The number of rotatable bonds is 11. The number of aliphatic hydroxyl groups excluding tert-OH is 1. The number of alkyl carbamates (subject to hydrolysis) is 1. The second-order valence-corrected chi connectivity index (χ2v) is 14.8. The lowest BCUT2D eigenvalue weighted by atomic mass is 9.97. The molecule has 0 aromatic heterocycles. The first-order valence-corrected chi connectivity index (χ1v) is 19.4. The van der Waals surface area contributed by atoms with Crippen LogP contribution in [0.25, 0.3) is 11.1 Å². The van der Waals surface area contributed by atoms with Crippen molar-refractivity contribution in [3.63, 3.8) is 0 Å². The Kier molecular flexibility index (Phi) is 11.6. The molecular weight excluding hydrogens is 714 g/mol. The third kappa shape index (κ3) is 8.71. The third-order valence-corrected chi connectivity index (χ3v) is 11.1. The Morgan fingerprint density at radius 1 is 0.821 bits per heavy atom. The molecule has 4 saturated heterocycles. The summed E-state index contributed by atoms with van der Waals surface area (Å²) in [7, 11) is 0. The van der Waals surface area contributed by atoms with E-state index in [-0.39, 0.29) is 44.3 Å². The zero-order valence-electron chi connectivity index (χ0n) is 31.2. The SMILES string of the molecule is O=C(NC1CC(=O)N(Cc2ccccc2-c2ccc(C3OC(CN4CCC5(CC4)OCCO5)CC(c4ccc(CO)cc4)O3)cc2)C1=O)OCc1ccccc1. The van der Waals surface area contributed by atoms with Crippen molar-refractivity contribution in [1.82, 2.24) is 15.1 Å². The molecule has 0 saturated carbocycles. The van der Waals surface area contributed by atoms with Crippen LogP contribution in [0.5, 0.6) is 0 Å². The van der Waals surface area contributed by atoms with Gasteiger partial charge < -0.3 is 39.0 Å². The van der Waals surface area contributed by atoms with Gasteiger partial charge >= 0.3 is 6.09 Å². The van der Waals surface area contributed by atoms with Crippen molar-refractivity contribution in [2.24, 2.45) is 0 Å². The lowest BCUT2D eigenvalue weighted by molar-refractivity contribution is -0.255. The number of piperidine rings is 1. The summed E-state index contributed by atoms with van der Waals surface area (Å²) in [5.74, 6) is -1.27. The number of imide groups is 1. The first-order chi connectivity index (χ1) is 27.3. The fraction of sp³-hybridized carbons (Fsp3) is 0.386. The topological polar surface area (TPSA) is 136 Å². The third-order valence-electron chi connectivity index (χ3n) is 11.1. The maximum Gasteiger partial charge on any atom is 0.408 e. The summed E-state index contributed by atoms with van der Waals surface area (Å²) in [6.45, 7) is 3.89. The predicted octanol–water partition coefficient (Wildman–Crippen LogP) is 5.78. The van der Waals surface area contributed by atoms with Crippen LogP contribution in [0.2, 0.25) is 0 Å². The van der Waals surface area contributed by atoms with Crippen LogP contribution in [0.1, 0.15) is 65.9 Å². The van der Waals surface area contributed by atoms with Gasteiger partial charge in [0.1, 0.15) is 12.6 Å². The number of nitrogens with one attached hydrogen (secondary N) is 1. The number of benzene rings is 4. The van der Waals surface area contributed by atoms with Crippen LogP contribution in [0.4, 0.5) is 4.79 Å². The van der Waals surface area contributed by atoms with Crippen LogP contribution < -0.4 is 5.32 Å². The van der Waals surface area contributed by atoms with Crippen molar-refractivity contribution in [2.75, 3.05) is 32.8 Å². The summed E-state index contributed by atoms with van der Waals surface area (Å²) in [6.07, 6.45) is 0.563. The van der Waals surface area contributed by atoms with Gasteiger partial charge in [-0.2, -0.15) is 0 Å². The maximum atomic E-state index is 13.4. The van der Waals surface area contributed by atoms with Crippen molar-refractivity contribution < 1.29 is 43.2 Å². The molecule has 4 aromatic rings. The molecule has 4 aromatic carbocycles. The Hall–Kier alpha value is -4.95. The van der Waals surface area contributed by atoms with Gasteiger partial charge in [0.05, 0.1) is 45.0 Å². The minimum atomic E-state index is -0.991.